The highest BCUT2D eigenvalue weighted by atomic mass is 19.4. The lowest BCUT2D eigenvalue weighted by molar-refractivity contribution is -0.144. The van der Waals surface area contributed by atoms with Gasteiger partial charge < -0.3 is 11.1 Å². The fourth-order valence-electron chi connectivity index (χ4n) is 2.83. The van der Waals surface area contributed by atoms with Crippen LogP contribution >= 0.6 is 0 Å². The summed E-state index contributed by atoms with van der Waals surface area (Å²) in [5.74, 6) is -2.02. The molecular weight excluding hydrogens is 375 g/mol. The fraction of sp³-hybridized carbons (Fsp3) is 0.316. The van der Waals surface area contributed by atoms with Crippen molar-refractivity contribution in [3.05, 3.63) is 69.6 Å². The number of carbonyl (C=O) groups is 2. The van der Waals surface area contributed by atoms with E-state index in [1.807, 2.05) is 13.8 Å². The van der Waals surface area contributed by atoms with Crippen LogP contribution in [0.2, 0.25) is 0 Å². The number of hydrogen-bond donors (Lipinski definition) is 2. The van der Waals surface area contributed by atoms with E-state index >= 15 is 0 Å². The summed E-state index contributed by atoms with van der Waals surface area (Å²) in [7, 11) is 0. The molecule has 6 nitrogen and oxygen atoms in total. The van der Waals surface area contributed by atoms with Crippen molar-refractivity contribution >= 4 is 11.8 Å². The van der Waals surface area contributed by atoms with Crippen LogP contribution in [0.15, 0.2) is 47.3 Å². The predicted octanol–water partition coefficient (Wildman–Crippen LogP) is 2.48. The Hall–Kier alpha value is -3.10. The van der Waals surface area contributed by atoms with Crippen molar-refractivity contribution in [2.24, 2.45) is 11.7 Å². The van der Waals surface area contributed by atoms with Gasteiger partial charge in [0.2, 0.25) is 5.91 Å². The van der Waals surface area contributed by atoms with Gasteiger partial charge in [0.25, 0.3) is 11.5 Å². The number of alkyl halides is 3. The van der Waals surface area contributed by atoms with Gasteiger partial charge in [-0.3, -0.25) is 19.0 Å². The van der Waals surface area contributed by atoms with Crippen LogP contribution in [0.1, 0.15) is 41.5 Å². The SMILES string of the molecule is CC(C)C(NC(=O)Cn1c(C(F)(F)F)ccc(C(N)=O)c1=O)c1ccccc1. The van der Waals surface area contributed by atoms with Crippen LogP contribution in [0.3, 0.4) is 0 Å². The predicted molar refractivity (Wildman–Crippen MR) is 96.4 cm³/mol. The van der Waals surface area contributed by atoms with Crippen molar-refractivity contribution in [1.82, 2.24) is 9.88 Å². The van der Waals surface area contributed by atoms with Crippen molar-refractivity contribution in [1.29, 1.82) is 0 Å². The molecular formula is C19H20F3N3O3. The van der Waals surface area contributed by atoms with E-state index in [2.05, 4.69) is 5.32 Å². The molecule has 0 aliphatic rings. The number of primary amides is 1. The molecule has 1 aromatic heterocycles. The zero-order valence-corrected chi connectivity index (χ0v) is 15.3. The average Bonchev–Trinajstić information content (AvgIpc) is 2.60. The number of nitrogens with one attached hydrogen (secondary N) is 1. The van der Waals surface area contributed by atoms with Crippen LogP contribution in [0.4, 0.5) is 13.2 Å². The Labute approximate surface area is 159 Å². The minimum Gasteiger partial charge on any atom is -0.365 e. The van der Waals surface area contributed by atoms with Crippen LogP contribution in [0.5, 0.6) is 0 Å². The number of carbonyl (C=O) groups excluding carboxylic acids is 2. The minimum atomic E-state index is -4.88. The topological polar surface area (TPSA) is 94.2 Å². The Morgan fingerprint density at radius 3 is 2.21 bits per heavy atom. The Morgan fingerprint density at radius 1 is 1.11 bits per heavy atom. The zero-order chi connectivity index (χ0) is 21.1. The van der Waals surface area contributed by atoms with Gasteiger partial charge >= 0.3 is 6.18 Å². The lowest BCUT2D eigenvalue weighted by atomic mass is 9.96. The molecule has 3 N–H and O–H groups in total. The molecule has 0 saturated heterocycles. The van der Waals surface area contributed by atoms with E-state index in [0.29, 0.717) is 12.1 Å². The Kier molecular flexibility index (Phi) is 6.27. The summed E-state index contributed by atoms with van der Waals surface area (Å²) < 4.78 is 40.0. The third kappa shape index (κ3) is 4.79. The summed E-state index contributed by atoms with van der Waals surface area (Å²) in [6.45, 7) is 2.79. The van der Waals surface area contributed by atoms with Crippen molar-refractivity contribution in [2.75, 3.05) is 0 Å². The summed E-state index contributed by atoms with van der Waals surface area (Å²) in [5, 5.41) is 2.65. The Balaban J connectivity index is 2.38. The zero-order valence-electron chi connectivity index (χ0n) is 15.3. The van der Waals surface area contributed by atoms with Crippen molar-refractivity contribution in [3.63, 3.8) is 0 Å². The van der Waals surface area contributed by atoms with E-state index < -0.39 is 47.4 Å². The molecule has 2 amide bonds. The molecule has 0 aliphatic carbocycles. The van der Waals surface area contributed by atoms with Gasteiger partial charge in [-0.2, -0.15) is 13.2 Å². The van der Waals surface area contributed by atoms with Gasteiger partial charge in [-0.05, 0) is 23.6 Å². The summed E-state index contributed by atoms with van der Waals surface area (Å²) in [6.07, 6.45) is -4.88. The maximum absolute atomic E-state index is 13.3. The number of aromatic nitrogens is 1. The van der Waals surface area contributed by atoms with Gasteiger partial charge in [-0.15, -0.1) is 0 Å². The molecule has 1 heterocycles. The van der Waals surface area contributed by atoms with Gasteiger partial charge in [0.15, 0.2) is 0 Å². The number of rotatable bonds is 6. The second-order valence-corrected chi connectivity index (χ2v) is 6.59. The fourth-order valence-corrected chi connectivity index (χ4v) is 2.83. The monoisotopic (exact) mass is 395 g/mol. The van der Waals surface area contributed by atoms with Crippen LogP contribution in [0.25, 0.3) is 0 Å². The number of hydrogen-bond acceptors (Lipinski definition) is 3. The molecule has 150 valence electrons. The number of nitrogens with zero attached hydrogens (tertiary/aromatic N) is 1. The second kappa shape index (κ2) is 8.28. The molecule has 28 heavy (non-hydrogen) atoms. The lowest BCUT2D eigenvalue weighted by Gasteiger charge is -2.24. The highest BCUT2D eigenvalue weighted by Gasteiger charge is 2.35. The molecule has 2 rings (SSSR count). The van der Waals surface area contributed by atoms with E-state index in [0.717, 1.165) is 5.56 Å². The first-order valence-corrected chi connectivity index (χ1v) is 8.47. The first kappa shape index (κ1) is 21.2. The summed E-state index contributed by atoms with van der Waals surface area (Å²) >= 11 is 0. The van der Waals surface area contributed by atoms with E-state index in [1.54, 1.807) is 30.3 Å². The van der Waals surface area contributed by atoms with Gasteiger partial charge in [-0.25, -0.2) is 0 Å². The molecule has 0 bridgehead atoms. The Morgan fingerprint density at radius 2 is 1.71 bits per heavy atom. The molecule has 1 atom stereocenters. The number of amides is 2. The van der Waals surface area contributed by atoms with Crippen molar-refractivity contribution in [2.45, 2.75) is 32.6 Å². The maximum atomic E-state index is 13.3. The van der Waals surface area contributed by atoms with Crippen LogP contribution in [-0.2, 0) is 17.5 Å². The molecule has 0 saturated carbocycles. The Bertz CT molecular complexity index is 922. The largest absolute Gasteiger partial charge is 0.431 e. The molecule has 0 radical (unpaired) electrons. The van der Waals surface area contributed by atoms with E-state index in [9.17, 15) is 27.6 Å². The van der Waals surface area contributed by atoms with Crippen LogP contribution in [0, 0.1) is 5.92 Å². The standard InChI is InChI=1S/C19H20F3N3O3/c1-11(2)16(12-6-4-3-5-7-12)24-15(26)10-25-14(19(20,21)22)9-8-13(17(23)27)18(25)28/h3-9,11,16H,10H2,1-2H3,(H2,23,27)(H,24,26). The number of halogens is 3. The number of benzene rings is 1. The summed E-state index contributed by atoms with van der Waals surface area (Å²) in [5.41, 5.74) is 2.59. The van der Waals surface area contributed by atoms with E-state index in [-0.39, 0.29) is 10.5 Å². The van der Waals surface area contributed by atoms with Crippen molar-refractivity contribution < 1.29 is 22.8 Å². The van der Waals surface area contributed by atoms with E-state index in [4.69, 9.17) is 5.73 Å². The molecule has 2 aromatic rings. The normalized spacial score (nSPS) is 12.6. The van der Waals surface area contributed by atoms with Gasteiger partial charge in [0.1, 0.15) is 17.8 Å². The molecule has 0 aliphatic heterocycles. The van der Waals surface area contributed by atoms with Gasteiger partial charge in [-0.1, -0.05) is 44.2 Å². The van der Waals surface area contributed by atoms with Gasteiger partial charge in [0.05, 0.1) is 6.04 Å². The molecule has 9 heteroatoms. The number of nitrogens with two attached hydrogens (primary N) is 1. The quantitative estimate of drug-likeness (QED) is 0.787. The lowest BCUT2D eigenvalue weighted by Crippen LogP contribution is -2.40. The summed E-state index contributed by atoms with van der Waals surface area (Å²) in [4.78, 5) is 36.0. The third-order valence-corrected chi connectivity index (χ3v) is 4.17. The highest BCUT2D eigenvalue weighted by molar-refractivity contribution is 5.92. The van der Waals surface area contributed by atoms with E-state index in [1.165, 1.54) is 0 Å². The first-order chi connectivity index (χ1) is 13.0. The van der Waals surface area contributed by atoms with Crippen LogP contribution in [-0.4, -0.2) is 16.4 Å². The van der Waals surface area contributed by atoms with Crippen molar-refractivity contribution in [3.8, 4) is 0 Å². The molecule has 1 aromatic carbocycles. The average molecular weight is 395 g/mol. The second-order valence-electron chi connectivity index (χ2n) is 6.59. The molecule has 1 unspecified atom stereocenters. The van der Waals surface area contributed by atoms with Gasteiger partial charge in [0, 0.05) is 0 Å². The third-order valence-electron chi connectivity index (χ3n) is 4.17. The summed E-state index contributed by atoms with van der Waals surface area (Å²) in [6, 6.07) is 9.73. The number of pyridine rings is 1. The first-order valence-electron chi connectivity index (χ1n) is 8.47. The minimum absolute atomic E-state index is 0.0536. The maximum Gasteiger partial charge on any atom is 0.431 e. The molecule has 0 spiro atoms. The smallest absolute Gasteiger partial charge is 0.365 e. The highest BCUT2D eigenvalue weighted by Crippen LogP contribution is 2.28. The molecule has 0 fully saturated rings. The van der Waals surface area contributed by atoms with Crippen LogP contribution < -0.4 is 16.6 Å².